The van der Waals surface area contributed by atoms with E-state index in [0.29, 0.717) is 5.56 Å². The Bertz CT molecular complexity index is 1120. The van der Waals surface area contributed by atoms with E-state index in [0.717, 1.165) is 5.56 Å². The van der Waals surface area contributed by atoms with Gasteiger partial charge in [-0.25, -0.2) is 0 Å². The number of nitro groups is 1. The molecule has 2 saturated carbocycles. The van der Waals surface area contributed by atoms with Gasteiger partial charge < -0.3 is 9.47 Å². The van der Waals surface area contributed by atoms with Crippen LogP contribution in [0.2, 0.25) is 0 Å². The Morgan fingerprint density at radius 2 is 1.61 bits per heavy atom. The lowest BCUT2D eigenvalue weighted by atomic mass is 9.76. The summed E-state index contributed by atoms with van der Waals surface area (Å²) in [5.74, 6) is -2.15. The van der Waals surface area contributed by atoms with Crippen molar-refractivity contribution in [2.75, 3.05) is 14.2 Å². The van der Waals surface area contributed by atoms with Crippen molar-refractivity contribution in [1.82, 2.24) is 0 Å². The topological polar surface area (TPSA) is 113 Å². The first-order chi connectivity index (χ1) is 15.8. The van der Waals surface area contributed by atoms with Gasteiger partial charge in [0.05, 0.1) is 19.1 Å². The van der Waals surface area contributed by atoms with Crippen LogP contribution in [0.4, 0.5) is 5.69 Å². The average Bonchev–Trinajstić information content (AvgIpc) is 3.27. The number of non-ortho nitro benzene ring substituents is 1. The standard InChI is InChI=1S/C25H23NO7/c1-32-22(28)24(23(29)33-2)14-20-19(13-8-16-6-4-3-5-7-16)25(20,15-24)21(27)17-9-11-18(12-10-17)26(30)31/h3-13,19-20H,14-15H2,1-2H3/b13-8+/t19-,20-,25-/m1/s1. The second kappa shape index (κ2) is 8.27. The van der Waals surface area contributed by atoms with Crippen LogP contribution in [0, 0.1) is 32.8 Å². The molecule has 8 heteroatoms. The number of Topliss-reactive ketones (excluding diaryl/α,β-unsaturated/α-hetero) is 1. The van der Waals surface area contributed by atoms with Crippen molar-refractivity contribution in [3.63, 3.8) is 0 Å². The van der Waals surface area contributed by atoms with Crippen LogP contribution >= 0.6 is 0 Å². The summed E-state index contributed by atoms with van der Waals surface area (Å²) in [6, 6.07) is 15.0. The molecule has 0 unspecified atom stereocenters. The summed E-state index contributed by atoms with van der Waals surface area (Å²) in [6.45, 7) is 0. The number of nitrogens with zero attached hydrogens (tertiary/aromatic N) is 1. The highest BCUT2D eigenvalue weighted by Crippen LogP contribution is 2.75. The predicted octanol–water partition coefficient (Wildman–Crippen LogP) is 3.85. The minimum absolute atomic E-state index is 0.0381. The van der Waals surface area contributed by atoms with E-state index in [1.54, 1.807) is 0 Å². The Balaban J connectivity index is 1.72. The largest absolute Gasteiger partial charge is 0.468 e. The van der Waals surface area contributed by atoms with Gasteiger partial charge in [0.2, 0.25) is 0 Å². The van der Waals surface area contributed by atoms with Crippen molar-refractivity contribution >= 4 is 29.5 Å². The molecular weight excluding hydrogens is 426 g/mol. The average molecular weight is 449 g/mol. The third-order valence-corrected chi connectivity index (χ3v) is 6.95. The summed E-state index contributed by atoms with van der Waals surface area (Å²) in [4.78, 5) is 49.5. The lowest BCUT2D eigenvalue weighted by Crippen LogP contribution is -2.42. The molecule has 0 bridgehead atoms. The number of carbonyl (C=O) groups excluding carboxylic acids is 3. The molecule has 0 N–H and O–H groups in total. The number of hydrogen-bond acceptors (Lipinski definition) is 7. The Hall–Kier alpha value is -3.81. The number of ketones is 1. The molecule has 4 rings (SSSR count). The Kier molecular flexibility index (Phi) is 5.61. The van der Waals surface area contributed by atoms with Crippen LogP contribution in [0.15, 0.2) is 60.7 Å². The molecule has 0 aliphatic heterocycles. The fourth-order valence-electron chi connectivity index (χ4n) is 5.33. The molecule has 2 aliphatic rings. The first kappa shape index (κ1) is 22.4. The van der Waals surface area contributed by atoms with Crippen LogP contribution in [0.1, 0.15) is 28.8 Å². The molecule has 2 fully saturated rings. The second-order valence-electron chi connectivity index (χ2n) is 8.52. The highest BCUT2D eigenvalue weighted by atomic mass is 16.6. The fourth-order valence-corrected chi connectivity index (χ4v) is 5.33. The van der Waals surface area contributed by atoms with E-state index in [2.05, 4.69) is 0 Å². The van der Waals surface area contributed by atoms with E-state index >= 15 is 0 Å². The maximum absolute atomic E-state index is 13.7. The van der Waals surface area contributed by atoms with Crippen molar-refractivity contribution in [2.45, 2.75) is 12.8 Å². The molecule has 0 saturated heterocycles. The summed E-state index contributed by atoms with van der Waals surface area (Å²) >= 11 is 0. The number of fused-ring (bicyclic) bond motifs is 1. The minimum atomic E-state index is -1.55. The van der Waals surface area contributed by atoms with E-state index in [-0.39, 0.29) is 36.1 Å². The summed E-state index contributed by atoms with van der Waals surface area (Å²) in [5.41, 5.74) is -1.41. The van der Waals surface area contributed by atoms with Crippen LogP contribution in [0.3, 0.4) is 0 Å². The molecule has 0 radical (unpaired) electrons. The zero-order valence-corrected chi connectivity index (χ0v) is 18.2. The maximum atomic E-state index is 13.7. The number of carbonyl (C=O) groups is 3. The molecule has 0 aromatic heterocycles. The highest BCUT2D eigenvalue weighted by Gasteiger charge is 2.79. The summed E-state index contributed by atoms with van der Waals surface area (Å²) in [6.07, 6.45) is 3.96. The van der Waals surface area contributed by atoms with E-state index in [1.165, 1.54) is 38.5 Å². The van der Waals surface area contributed by atoms with Gasteiger partial charge in [-0.15, -0.1) is 0 Å². The van der Waals surface area contributed by atoms with Gasteiger partial charge in [0, 0.05) is 23.1 Å². The lowest BCUT2D eigenvalue weighted by molar-refractivity contribution is -0.384. The predicted molar refractivity (Wildman–Crippen MR) is 118 cm³/mol. The number of hydrogen-bond donors (Lipinski definition) is 0. The molecule has 3 atom stereocenters. The van der Waals surface area contributed by atoms with E-state index < -0.39 is 27.7 Å². The minimum Gasteiger partial charge on any atom is -0.468 e. The second-order valence-corrected chi connectivity index (χ2v) is 8.52. The van der Waals surface area contributed by atoms with E-state index in [4.69, 9.17) is 9.47 Å². The number of esters is 2. The van der Waals surface area contributed by atoms with Gasteiger partial charge >= 0.3 is 11.9 Å². The van der Waals surface area contributed by atoms with Crippen LogP contribution < -0.4 is 0 Å². The van der Waals surface area contributed by atoms with E-state index in [1.807, 2.05) is 42.5 Å². The number of benzene rings is 2. The van der Waals surface area contributed by atoms with Gasteiger partial charge in [-0.1, -0.05) is 42.5 Å². The molecule has 0 heterocycles. The van der Waals surface area contributed by atoms with Gasteiger partial charge in [0.1, 0.15) is 0 Å². The normalized spacial score (nSPS) is 24.7. The third-order valence-electron chi connectivity index (χ3n) is 6.95. The molecule has 2 aromatic carbocycles. The summed E-state index contributed by atoms with van der Waals surface area (Å²) < 4.78 is 9.84. The maximum Gasteiger partial charge on any atom is 0.323 e. The first-order valence-electron chi connectivity index (χ1n) is 10.5. The Morgan fingerprint density at radius 3 is 2.15 bits per heavy atom. The van der Waals surface area contributed by atoms with Crippen molar-refractivity contribution in [1.29, 1.82) is 0 Å². The zero-order chi connectivity index (χ0) is 23.8. The first-order valence-corrected chi connectivity index (χ1v) is 10.5. The molecule has 0 amide bonds. The number of methoxy groups -OCH3 is 2. The number of rotatable bonds is 7. The van der Waals surface area contributed by atoms with Crippen molar-refractivity contribution in [3.05, 3.63) is 81.9 Å². The quantitative estimate of drug-likeness (QED) is 0.207. The van der Waals surface area contributed by atoms with Gasteiger partial charge in [-0.2, -0.15) is 0 Å². The Labute approximate surface area is 190 Å². The van der Waals surface area contributed by atoms with Crippen molar-refractivity contribution in [3.8, 4) is 0 Å². The zero-order valence-electron chi connectivity index (χ0n) is 18.2. The monoisotopic (exact) mass is 449 g/mol. The molecule has 0 spiro atoms. The molecule has 8 nitrogen and oxygen atoms in total. The molecule has 33 heavy (non-hydrogen) atoms. The lowest BCUT2D eigenvalue weighted by Gasteiger charge is -2.27. The molecule has 2 aromatic rings. The fraction of sp³-hybridized carbons (Fsp3) is 0.320. The summed E-state index contributed by atoms with van der Waals surface area (Å²) in [5, 5.41) is 11.0. The van der Waals surface area contributed by atoms with Gasteiger partial charge in [0.15, 0.2) is 11.2 Å². The SMILES string of the molecule is COC(=O)C1(C(=O)OC)C[C@@H]2[C@@H](/C=C/c3ccccc3)[C@]2(C(=O)c2ccc([N+](=O)[O-])cc2)C1. The van der Waals surface area contributed by atoms with Crippen molar-refractivity contribution in [2.24, 2.45) is 22.7 Å². The Morgan fingerprint density at radius 1 is 1.00 bits per heavy atom. The van der Waals surface area contributed by atoms with Gasteiger partial charge in [0.25, 0.3) is 5.69 Å². The van der Waals surface area contributed by atoms with E-state index in [9.17, 15) is 24.5 Å². The molecular formula is C25H23NO7. The third kappa shape index (κ3) is 3.51. The van der Waals surface area contributed by atoms with Crippen LogP contribution in [-0.4, -0.2) is 36.9 Å². The highest BCUT2D eigenvalue weighted by molar-refractivity contribution is 6.08. The summed E-state index contributed by atoms with van der Waals surface area (Å²) in [7, 11) is 2.41. The number of allylic oxidation sites excluding steroid dienone is 1. The number of nitro benzene ring substituents is 1. The van der Waals surface area contributed by atoms with Gasteiger partial charge in [-0.05, 0) is 42.4 Å². The van der Waals surface area contributed by atoms with Crippen molar-refractivity contribution < 1.29 is 28.8 Å². The van der Waals surface area contributed by atoms with Crippen LogP contribution in [0.5, 0.6) is 0 Å². The molecule has 2 aliphatic carbocycles. The smallest absolute Gasteiger partial charge is 0.323 e. The number of ether oxygens (including phenoxy) is 2. The van der Waals surface area contributed by atoms with Crippen LogP contribution in [-0.2, 0) is 19.1 Å². The molecule has 170 valence electrons. The van der Waals surface area contributed by atoms with Crippen LogP contribution in [0.25, 0.3) is 6.08 Å². The van der Waals surface area contributed by atoms with Gasteiger partial charge in [-0.3, -0.25) is 24.5 Å².